The molecule has 26 heavy (non-hydrogen) atoms. The predicted molar refractivity (Wildman–Crippen MR) is 98.7 cm³/mol. The van der Waals surface area contributed by atoms with E-state index in [9.17, 15) is 9.59 Å². The molecule has 2 amide bonds. The Bertz CT molecular complexity index is 666. The summed E-state index contributed by atoms with van der Waals surface area (Å²) in [4.78, 5) is 29.7. The van der Waals surface area contributed by atoms with Crippen molar-refractivity contribution >= 4 is 27.7 Å². The van der Waals surface area contributed by atoms with Gasteiger partial charge in [0.05, 0.1) is 0 Å². The van der Waals surface area contributed by atoms with Crippen molar-refractivity contribution in [2.24, 2.45) is 5.92 Å². The molecule has 1 aromatic heterocycles. The normalized spacial score (nSPS) is 24.5. The van der Waals surface area contributed by atoms with Crippen LogP contribution in [0.25, 0.3) is 0 Å². The number of amides is 2. The SMILES string of the molecule is O=C(c1ccc(Br)o1)N1CCCC(N(C(=O)C2CC2)C2CCOCC2)C1. The zero-order valence-electron chi connectivity index (χ0n) is 14.9. The molecular formula is C19H25BrN2O4. The van der Waals surface area contributed by atoms with E-state index in [2.05, 4.69) is 20.8 Å². The van der Waals surface area contributed by atoms with E-state index in [-0.39, 0.29) is 29.8 Å². The number of furan rings is 1. The van der Waals surface area contributed by atoms with Crippen molar-refractivity contribution in [1.82, 2.24) is 9.80 Å². The molecule has 1 aliphatic carbocycles. The van der Waals surface area contributed by atoms with Gasteiger partial charge in [0, 0.05) is 44.3 Å². The highest BCUT2D eigenvalue weighted by Gasteiger charge is 2.41. The van der Waals surface area contributed by atoms with Crippen LogP contribution in [-0.4, -0.2) is 60.0 Å². The third-order valence-corrected chi connectivity index (χ3v) is 6.05. The Morgan fingerprint density at radius 2 is 1.85 bits per heavy atom. The summed E-state index contributed by atoms with van der Waals surface area (Å²) >= 11 is 3.25. The maximum atomic E-state index is 13.0. The van der Waals surface area contributed by atoms with Gasteiger partial charge < -0.3 is 19.0 Å². The number of rotatable bonds is 4. The van der Waals surface area contributed by atoms with Crippen molar-refractivity contribution in [3.8, 4) is 0 Å². The smallest absolute Gasteiger partial charge is 0.289 e. The fourth-order valence-corrected chi connectivity index (χ4v) is 4.42. The second-order valence-electron chi connectivity index (χ2n) is 7.51. The summed E-state index contributed by atoms with van der Waals surface area (Å²) < 4.78 is 11.5. The number of piperidine rings is 1. The van der Waals surface area contributed by atoms with E-state index in [0.29, 0.717) is 23.5 Å². The predicted octanol–water partition coefficient (Wildman–Crippen LogP) is 3.06. The lowest BCUT2D eigenvalue weighted by molar-refractivity contribution is -0.141. The van der Waals surface area contributed by atoms with Gasteiger partial charge in [0.1, 0.15) is 0 Å². The average molecular weight is 425 g/mol. The van der Waals surface area contributed by atoms with Crippen LogP contribution in [0.15, 0.2) is 21.2 Å². The van der Waals surface area contributed by atoms with Crippen LogP contribution in [-0.2, 0) is 9.53 Å². The van der Waals surface area contributed by atoms with E-state index in [1.807, 2.05) is 4.90 Å². The summed E-state index contributed by atoms with van der Waals surface area (Å²) in [6, 6.07) is 3.78. The molecule has 2 aliphatic heterocycles. The Labute approximate surface area is 162 Å². The Morgan fingerprint density at radius 3 is 2.50 bits per heavy atom. The zero-order chi connectivity index (χ0) is 18.1. The van der Waals surface area contributed by atoms with E-state index in [1.165, 1.54) is 0 Å². The molecule has 0 spiro atoms. The van der Waals surface area contributed by atoms with Gasteiger partial charge in [-0.05, 0) is 66.6 Å². The van der Waals surface area contributed by atoms with E-state index < -0.39 is 0 Å². The van der Waals surface area contributed by atoms with Crippen molar-refractivity contribution in [2.45, 2.75) is 50.6 Å². The molecule has 3 heterocycles. The lowest BCUT2D eigenvalue weighted by Gasteiger charge is -2.44. The molecule has 2 saturated heterocycles. The highest BCUT2D eigenvalue weighted by atomic mass is 79.9. The van der Waals surface area contributed by atoms with Gasteiger partial charge in [0.2, 0.25) is 5.91 Å². The molecule has 7 heteroatoms. The number of nitrogens with zero attached hydrogens (tertiary/aromatic N) is 2. The number of halogens is 1. The van der Waals surface area contributed by atoms with Gasteiger partial charge in [-0.2, -0.15) is 0 Å². The first-order valence-electron chi connectivity index (χ1n) is 9.58. The third-order valence-electron chi connectivity index (χ3n) is 5.63. The fraction of sp³-hybridized carbons (Fsp3) is 0.684. The van der Waals surface area contributed by atoms with Crippen LogP contribution < -0.4 is 0 Å². The minimum absolute atomic E-state index is 0.0915. The second kappa shape index (κ2) is 7.72. The quantitative estimate of drug-likeness (QED) is 0.744. The summed E-state index contributed by atoms with van der Waals surface area (Å²) in [6.45, 7) is 2.74. The molecule has 1 unspecified atom stereocenters. The van der Waals surface area contributed by atoms with E-state index in [4.69, 9.17) is 9.15 Å². The van der Waals surface area contributed by atoms with Crippen molar-refractivity contribution < 1.29 is 18.7 Å². The Hall–Kier alpha value is -1.34. The lowest BCUT2D eigenvalue weighted by atomic mass is 9.97. The zero-order valence-corrected chi connectivity index (χ0v) is 16.4. The minimum atomic E-state index is -0.0915. The largest absolute Gasteiger partial charge is 0.444 e. The first kappa shape index (κ1) is 18.0. The van der Waals surface area contributed by atoms with Crippen LogP contribution >= 0.6 is 15.9 Å². The molecular weight excluding hydrogens is 400 g/mol. The molecule has 6 nitrogen and oxygen atoms in total. The summed E-state index contributed by atoms with van der Waals surface area (Å²) in [5.41, 5.74) is 0. The fourth-order valence-electron chi connectivity index (χ4n) is 4.11. The molecule has 1 saturated carbocycles. The van der Waals surface area contributed by atoms with Crippen LogP contribution in [0.2, 0.25) is 0 Å². The summed E-state index contributed by atoms with van der Waals surface area (Å²) in [5.74, 6) is 0.747. The van der Waals surface area contributed by atoms with Gasteiger partial charge in [0.15, 0.2) is 10.4 Å². The third kappa shape index (κ3) is 3.83. The maximum Gasteiger partial charge on any atom is 0.289 e. The van der Waals surface area contributed by atoms with Gasteiger partial charge in [-0.25, -0.2) is 0 Å². The standard InChI is InChI=1S/C19H25BrN2O4/c20-17-6-5-16(26-17)19(24)21-9-1-2-15(12-21)22(18(23)13-3-4-13)14-7-10-25-11-8-14/h5-6,13-15H,1-4,7-12H2. The van der Waals surface area contributed by atoms with Crippen molar-refractivity contribution in [1.29, 1.82) is 0 Å². The molecule has 0 N–H and O–H groups in total. The summed E-state index contributed by atoms with van der Waals surface area (Å²) in [7, 11) is 0. The highest BCUT2D eigenvalue weighted by molar-refractivity contribution is 9.10. The lowest BCUT2D eigenvalue weighted by Crippen LogP contribution is -2.56. The van der Waals surface area contributed by atoms with Crippen LogP contribution in [0.4, 0.5) is 0 Å². The van der Waals surface area contributed by atoms with E-state index in [0.717, 1.165) is 51.7 Å². The number of carbonyl (C=O) groups excluding carboxylic acids is 2. The molecule has 3 aliphatic rings. The van der Waals surface area contributed by atoms with Gasteiger partial charge in [-0.3, -0.25) is 9.59 Å². The molecule has 0 aromatic carbocycles. The highest BCUT2D eigenvalue weighted by Crippen LogP contribution is 2.35. The molecule has 1 atom stereocenters. The van der Waals surface area contributed by atoms with Crippen LogP contribution in [0.5, 0.6) is 0 Å². The number of carbonyl (C=O) groups is 2. The van der Waals surface area contributed by atoms with Crippen molar-refractivity contribution in [3.05, 3.63) is 22.6 Å². The number of likely N-dealkylation sites (tertiary alicyclic amines) is 1. The van der Waals surface area contributed by atoms with Crippen LogP contribution in [0.1, 0.15) is 49.1 Å². The Balaban J connectivity index is 1.49. The van der Waals surface area contributed by atoms with Gasteiger partial charge in [-0.1, -0.05) is 0 Å². The monoisotopic (exact) mass is 424 g/mol. The second-order valence-corrected chi connectivity index (χ2v) is 8.30. The van der Waals surface area contributed by atoms with Gasteiger partial charge in [0.25, 0.3) is 5.91 Å². The van der Waals surface area contributed by atoms with Gasteiger partial charge in [-0.15, -0.1) is 0 Å². The Morgan fingerprint density at radius 1 is 1.08 bits per heavy atom. The average Bonchev–Trinajstić information content (AvgIpc) is 3.43. The van der Waals surface area contributed by atoms with E-state index >= 15 is 0 Å². The first-order chi connectivity index (χ1) is 12.6. The van der Waals surface area contributed by atoms with Crippen LogP contribution in [0, 0.1) is 5.92 Å². The number of ether oxygens (including phenoxy) is 1. The van der Waals surface area contributed by atoms with Crippen molar-refractivity contribution in [2.75, 3.05) is 26.3 Å². The van der Waals surface area contributed by atoms with Gasteiger partial charge >= 0.3 is 0 Å². The topological polar surface area (TPSA) is 63.0 Å². The molecule has 142 valence electrons. The summed E-state index contributed by atoms with van der Waals surface area (Å²) in [6.07, 6.45) is 5.68. The first-order valence-corrected chi connectivity index (χ1v) is 10.4. The van der Waals surface area contributed by atoms with E-state index in [1.54, 1.807) is 12.1 Å². The van der Waals surface area contributed by atoms with Crippen LogP contribution in [0.3, 0.4) is 0 Å². The Kier molecular flexibility index (Phi) is 5.36. The molecule has 1 aromatic rings. The molecule has 0 radical (unpaired) electrons. The maximum absolute atomic E-state index is 13.0. The minimum Gasteiger partial charge on any atom is -0.444 e. The molecule has 0 bridgehead atoms. The number of hydrogen-bond acceptors (Lipinski definition) is 4. The molecule has 3 fully saturated rings. The molecule has 4 rings (SSSR count). The summed E-state index contributed by atoms with van der Waals surface area (Å²) in [5, 5.41) is 0. The number of hydrogen-bond donors (Lipinski definition) is 0. The van der Waals surface area contributed by atoms with Crippen molar-refractivity contribution in [3.63, 3.8) is 0 Å².